The molecule has 0 saturated carbocycles. The summed E-state index contributed by atoms with van der Waals surface area (Å²) in [5.41, 5.74) is 0.669. The standard InChI is InChI=1S/C16H23ClN2O/c1-11(2)16(8-9-18-10-16)15(20)19-12(3)13-6-4-5-7-14(13)17/h4-7,11-12,18H,8-10H2,1-3H3,(H,19,20). The van der Waals surface area contributed by atoms with Crippen LogP contribution in [0.5, 0.6) is 0 Å². The number of carbonyl (C=O) groups excluding carboxylic acids is 1. The van der Waals surface area contributed by atoms with Crippen LogP contribution in [0.4, 0.5) is 0 Å². The molecular formula is C16H23ClN2O. The normalized spacial score (nSPS) is 23.9. The molecule has 1 amide bonds. The number of hydrogen-bond donors (Lipinski definition) is 2. The van der Waals surface area contributed by atoms with Gasteiger partial charge in [-0.1, -0.05) is 43.6 Å². The Kier molecular flexibility index (Phi) is 4.71. The van der Waals surface area contributed by atoms with Gasteiger partial charge < -0.3 is 10.6 Å². The third kappa shape index (κ3) is 2.84. The number of hydrogen-bond acceptors (Lipinski definition) is 2. The molecule has 2 atom stereocenters. The zero-order valence-corrected chi connectivity index (χ0v) is 13.1. The Morgan fingerprint density at radius 2 is 2.05 bits per heavy atom. The van der Waals surface area contributed by atoms with Crippen LogP contribution in [0.25, 0.3) is 0 Å². The second-order valence-corrected chi connectivity index (χ2v) is 6.36. The Morgan fingerprint density at radius 1 is 1.35 bits per heavy atom. The third-order valence-corrected chi connectivity index (χ3v) is 4.81. The largest absolute Gasteiger partial charge is 0.349 e. The van der Waals surface area contributed by atoms with Gasteiger partial charge in [0.1, 0.15) is 0 Å². The van der Waals surface area contributed by atoms with E-state index in [0.717, 1.165) is 25.1 Å². The summed E-state index contributed by atoms with van der Waals surface area (Å²) in [5.74, 6) is 0.445. The molecule has 2 N–H and O–H groups in total. The van der Waals surface area contributed by atoms with Crippen LogP contribution in [-0.2, 0) is 4.79 Å². The molecule has 2 unspecified atom stereocenters. The average Bonchev–Trinajstić information content (AvgIpc) is 2.89. The number of carbonyl (C=O) groups is 1. The lowest BCUT2D eigenvalue weighted by atomic mass is 9.75. The van der Waals surface area contributed by atoms with E-state index < -0.39 is 0 Å². The van der Waals surface area contributed by atoms with E-state index in [1.54, 1.807) is 0 Å². The number of amides is 1. The Labute approximate surface area is 126 Å². The van der Waals surface area contributed by atoms with Gasteiger partial charge >= 0.3 is 0 Å². The van der Waals surface area contributed by atoms with Gasteiger partial charge in [0.25, 0.3) is 0 Å². The molecule has 1 saturated heterocycles. The fourth-order valence-corrected chi connectivity index (χ4v) is 3.20. The molecule has 1 heterocycles. The highest BCUT2D eigenvalue weighted by molar-refractivity contribution is 6.31. The summed E-state index contributed by atoms with van der Waals surface area (Å²) in [5, 5.41) is 7.15. The molecule has 1 aliphatic rings. The SMILES string of the molecule is CC(NC(=O)C1(C(C)C)CCNC1)c1ccccc1Cl. The summed E-state index contributed by atoms with van der Waals surface area (Å²) in [6.45, 7) is 7.88. The maximum Gasteiger partial charge on any atom is 0.228 e. The molecule has 2 rings (SSSR count). The van der Waals surface area contributed by atoms with Crippen molar-refractivity contribution >= 4 is 17.5 Å². The third-order valence-electron chi connectivity index (χ3n) is 4.47. The van der Waals surface area contributed by atoms with Crippen LogP contribution < -0.4 is 10.6 Å². The van der Waals surface area contributed by atoms with Crippen molar-refractivity contribution in [1.82, 2.24) is 10.6 Å². The molecule has 20 heavy (non-hydrogen) atoms. The summed E-state index contributed by atoms with van der Waals surface area (Å²) in [6, 6.07) is 7.58. The minimum Gasteiger partial charge on any atom is -0.349 e. The second-order valence-electron chi connectivity index (χ2n) is 5.95. The van der Waals surface area contributed by atoms with Crippen molar-refractivity contribution in [1.29, 1.82) is 0 Å². The first-order chi connectivity index (χ1) is 9.47. The lowest BCUT2D eigenvalue weighted by molar-refractivity contribution is -0.133. The molecule has 4 heteroatoms. The molecule has 110 valence electrons. The van der Waals surface area contributed by atoms with Crippen molar-refractivity contribution in [2.75, 3.05) is 13.1 Å². The maximum absolute atomic E-state index is 12.7. The Bertz CT molecular complexity index is 481. The lowest BCUT2D eigenvalue weighted by Crippen LogP contribution is -2.46. The molecule has 0 radical (unpaired) electrons. The van der Waals surface area contributed by atoms with E-state index in [9.17, 15) is 4.79 Å². The molecular weight excluding hydrogens is 272 g/mol. The van der Waals surface area contributed by atoms with Crippen molar-refractivity contribution in [2.24, 2.45) is 11.3 Å². The van der Waals surface area contributed by atoms with Crippen LogP contribution in [0, 0.1) is 11.3 Å². The highest BCUT2D eigenvalue weighted by Gasteiger charge is 2.44. The Hall–Kier alpha value is -1.06. The summed E-state index contributed by atoms with van der Waals surface area (Å²) in [7, 11) is 0. The summed E-state index contributed by atoms with van der Waals surface area (Å²) in [6.07, 6.45) is 0.895. The summed E-state index contributed by atoms with van der Waals surface area (Å²) >= 11 is 6.20. The number of halogens is 1. The minimum absolute atomic E-state index is 0.0765. The quantitative estimate of drug-likeness (QED) is 0.896. The minimum atomic E-state index is -0.296. The number of rotatable bonds is 4. The maximum atomic E-state index is 12.7. The van der Waals surface area contributed by atoms with E-state index in [0.29, 0.717) is 10.9 Å². The zero-order chi connectivity index (χ0) is 14.8. The van der Waals surface area contributed by atoms with Gasteiger partial charge in [-0.3, -0.25) is 4.79 Å². The van der Waals surface area contributed by atoms with Gasteiger partial charge in [0.15, 0.2) is 0 Å². The first-order valence-corrected chi connectivity index (χ1v) is 7.61. The Morgan fingerprint density at radius 3 is 2.60 bits per heavy atom. The van der Waals surface area contributed by atoms with Gasteiger partial charge in [0, 0.05) is 11.6 Å². The van der Waals surface area contributed by atoms with E-state index in [-0.39, 0.29) is 17.4 Å². The molecule has 0 bridgehead atoms. The molecule has 0 aliphatic carbocycles. The predicted molar refractivity (Wildman–Crippen MR) is 82.8 cm³/mol. The Balaban J connectivity index is 2.13. The van der Waals surface area contributed by atoms with Gasteiger partial charge in [0.2, 0.25) is 5.91 Å². The van der Waals surface area contributed by atoms with Crippen LogP contribution in [-0.4, -0.2) is 19.0 Å². The van der Waals surface area contributed by atoms with Gasteiger partial charge in [-0.15, -0.1) is 0 Å². The van der Waals surface area contributed by atoms with Gasteiger partial charge in [0.05, 0.1) is 11.5 Å². The van der Waals surface area contributed by atoms with Crippen LogP contribution in [0.2, 0.25) is 5.02 Å². The fourth-order valence-electron chi connectivity index (χ4n) is 2.90. The molecule has 3 nitrogen and oxygen atoms in total. The van der Waals surface area contributed by atoms with Crippen LogP contribution in [0.3, 0.4) is 0 Å². The fraction of sp³-hybridized carbons (Fsp3) is 0.562. The van der Waals surface area contributed by atoms with E-state index in [4.69, 9.17) is 11.6 Å². The first-order valence-electron chi connectivity index (χ1n) is 7.23. The monoisotopic (exact) mass is 294 g/mol. The number of benzene rings is 1. The molecule has 1 aromatic rings. The van der Waals surface area contributed by atoms with Crippen molar-refractivity contribution in [3.63, 3.8) is 0 Å². The lowest BCUT2D eigenvalue weighted by Gasteiger charge is -2.32. The van der Waals surface area contributed by atoms with E-state index in [2.05, 4.69) is 24.5 Å². The predicted octanol–water partition coefficient (Wildman–Crippen LogP) is 3.15. The molecule has 0 aromatic heterocycles. The zero-order valence-electron chi connectivity index (χ0n) is 12.4. The van der Waals surface area contributed by atoms with E-state index in [1.807, 2.05) is 31.2 Å². The second kappa shape index (κ2) is 6.15. The van der Waals surface area contributed by atoms with Crippen LogP contribution in [0.15, 0.2) is 24.3 Å². The highest BCUT2D eigenvalue weighted by Crippen LogP contribution is 2.35. The van der Waals surface area contributed by atoms with Crippen molar-refractivity contribution < 1.29 is 4.79 Å². The number of nitrogens with one attached hydrogen (secondary N) is 2. The van der Waals surface area contributed by atoms with Gasteiger partial charge in [-0.2, -0.15) is 0 Å². The molecule has 1 fully saturated rings. The van der Waals surface area contributed by atoms with Crippen LogP contribution >= 0.6 is 11.6 Å². The molecule has 0 spiro atoms. The van der Waals surface area contributed by atoms with Crippen molar-refractivity contribution in [2.45, 2.75) is 33.2 Å². The van der Waals surface area contributed by atoms with E-state index in [1.165, 1.54) is 0 Å². The topological polar surface area (TPSA) is 41.1 Å². The van der Waals surface area contributed by atoms with Crippen molar-refractivity contribution in [3.8, 4) is 0 Å². The van der Waals surface area contributed by atoms with Crippen molar-refractivity contribution in [3.05, 3.63) is 34.9 Å². The summed E-state index contributed by atoms with van der Waals surface area (Å²) in [4.78, 5) is 12.7. The van der Waals surface area contributed by atoms with Gasteiger partial charge in [-0.05, 0) is 37.4 Å². The highest BCUT2D eigenvalue weighted by atomic mass is 35.5. The van der Waals surface area contributed by atoms with Gasteiger partial charge in [-0.25, -0.2) is 0 Å². The summed E-state index contributed by atoms with van der Waals surface area (Å²) < 4.78 is 0. The molecule has 1 aliphatic heterocycles. The average molecular weight is 295 g/mol. The van der Waals surface area contributed by atoms with Crippen LogP contribution in [0.1, 0.15) is 38.8 Å². The first kappa shape index (κ1) is 15.3. The molecule has 1 aromatic carbocycles. The van der Waals surface area contributed by atoms with E-state index >= 15 is 0 Å². The smallest absolute Gasteiger partial charge is 0.228 e.